The standard InChI is InChI=1S/C13H23ClN4O/c1-10(2)18(3)7-5-6-15-12-8-11(14)16-13(17-12)9-19-4/h8,10H,5-7,9H2,1-4H3,(H,15,16,17). The molecule has 0 fully saturated rings. The number of halogens is 1. The molecule has 0 aliphatic rings. The Hall–Kier alpha value is -0.910. The average molecular weight is 287 g/mol. The van der Waals surface area contributed by atoms with E-state index in [4.69, 9.17) is 16.3 Å². The van der Waals surface area contributed by atoms with E-state index in [1.807, 2.05) is 0 Å². The Morgan fingerprint density at radius 3 is 2.79 bits per heavy atom. The van der Waals surface area contributed by atoms with Crippen molar-refractivity contribution in [2.45, 2.75) is 32.9 Å². The van der Waals surface area contributed by atoms with Crippen molar-refractivity contribution in [3.8, 4) is 0 Å². The first-order valence-corrected chi connectivity index (χ1v) is 6.87. The topological polar surface area (TPSA) is 50.3 Å². The molecule has 0 amide bonds. The van der Waals surface area contributed by atoms with E-state index in [-0.39, 0.29) is 0 Å². The van der Waals surface area contributed by atoms with E-state index in [1.165, 1.54) is 0 Å². The molecule has 0 spiro atoms. The van der Waals surface area contributed by atoms with E-state index in [0.29, 0.717) is 23.6 Å². The first kappa shape index (κ1) is 16.1. The lowest BCUT2D eigenvalue weighted by molar-refractivity contribution is 0.178. The second kappa shape index (κ2) is 8.30. The number of nitrogens with one attached hydrogen (secondary N) is 1. The van der Waals surface area contributed by atoms with Crippen LogP contribution in [0, 0.1) is 0 Å². The van der Waals surface area contributed by atoms with Gasteiger partial charge in [-0.1, -0.05) is 11.6 Å². The molecule has 0 saturated heterocycles. The molecule has 108 valence electrons. The third kappa shape index (κ3) is 6.18. The van der Waals surface area contributed by atoms with Crippen molar-refractivity contribution in [2.75, 3.05) is 32.6 Å². The van der Waals surface area contributed by atoms with Gasteiger partial charge in [-0.05, 0) is 33.9 Å². The maximum absolute atomic E-state index is 5.94. The third-order valence-corrected chi connectivity index (χ3v) is 3.08. The Morgan fingerprint density at radius 2 is 2.16 bits per heavy atom. The zero-order valence-electron chi connectivity index (χ0n) is 12.1. The van der Waals surface area contributed by atoms with Gasteiger partial charge in [-0.2, -0.15) is 0 Å². The molecule has 1 aromatic rings. The fourth-order valence-corrected chi connectivity index (χ4v) is 1.75. The van der Waals surface area contributed by atoms with Gasteiger partial charge in [-0.25, -0.2) is 9.97 Å². The predicted molar refractivity (Wildman–Crippen MR) is 78.6 cm³/mol. The van der Waals surface area contributed by atoms with Gasteiger partial charge in [0, 0.05) is 25.8 Å². The summed E-state index contributed by atoms with van der Waals surface area (Å²) in [4.78, 5) is 10.7. The summed E-state index contributed by atoms with van der Waals surface area (Å²) in [6.07, 6.45) is 1.05. The van der Waals surface area contributed by atoms with Crippen LogP contribution in [0.2, 0.25) is 5.15 Å². The minimum absolute atomic E-state index is 0.366. The van der Waals surface area contributed by atoms with E-state index in [9.17, 15) is 0 Å². The van der Waals surface area contributed by atoms with Crippen molar-refractivity contribution in [3.05, 3.63) is 17.0 Å². The summed E-state index contributed by atoms with van der Waals surface area (Å²) >= 11 is 5.94. The van der Waals surface area contributed by atoms with Gasteiger partial charge in [0.05, 0.1) is 0 Å². The molecule has 5 nitrogen and oxygen atoms in total. The number of hydrogen-bond donors (Lipinski definition) is 1. The third-order valence-electron chi connectivity index (χ3n) is 2.89. The highest BCUT2D eigenvalue weighted by molar-refractivity contribution is 6.29. The summed E-state index contributed by atoms with van der Waals surface area (Å²) in [7, 11) is 3.74. The molecule has 0 bridgehead atoms. The summed E-state index contributed by atoms with van der Waals surface area (Å²) in [5.74, 6) is 1.34. The smallest absolute Gasteiger partial charge is 0.158 e. The first-order valence-electron chi connectivity index (χ1n) is 6.49. The van der Waals surface area contributed by atoms with E-state index in [2.05, 4.69) is 41.1 Å². The number of anilines is 1. The number of methoxy groups -OCH3 is 1. The number of hydrogen-bond acceptors (Lipinski definition) is 5. The summed E-state index contributed by atoms with van der Waals surface area (Å²) in [6, 6.07) is 2.30. The summed E-state index contributed by atoms with van der Waals surface area (Å²) in [6.45, 7) is 6.65. The normalized spacial score (nSPS) is 11.3. The summed E-state index contributed by atoms with van der Waals surface area (Å²) < 4.78 is 5.00. The highest BCUT2D eigenvalue weighted by atomic mass is 35.5. The monoisotopic (exact) mass is 286 g/mol. The molecule has 0 radical (unpaired) electrons. The molecule has 0 unspecified atom stereocenters. The number of ether oxygens (including phenoxy) is 1. The molecule has 0 saturated carbocycles. The van der Waals surface area contributed by atoms with Gasteiger partial charge in [0.2, 0.25) is 0 Å². The van der Waals surface area contributed by atoms with Gasteiger partial charge in [0.15, 0.2) is 5.82 Å². The van der Waals surface area contributed by atoms with E-state index < -0.39 is 0 Å². The van der Waals surface area contributed by atoms with Gasteiger partial charge >= 0.3 is 0 Å². The Kier molecular flexibility index (Phi) is 7.05. The molecule has 1 N–H and O–H groups in total. The lowest BCUT2D eigenvalue weighted by Gasteiger charge is -2.20. The largest absolute Gasteiger partial charge is 0.377 e. The van der Waals surface area contributed by atoms with Gasteiger partial charge in [0.25, 0.3) is 0 Å². The Labute approximate surface area is 120 Å². The fourth-order valence-electron chi connectivity index (χ4n) is 1.55. The molecule has 6 heteroatoms. The van der Waals surface area contributed by atoms with E-state index >= 15 is 0 Å². The second-order valence-corrected chi connectivity index (χ2v) is 5.17. The van der Waals surface area contributed by atoms with Crippen LogP contribution < -0.4 is 5.32 Å². The molecule has 0 aromatic carbocycles. The van der Waals surface area contributed by atoms with Crippen LogP contribution in [-0.2, 0) is 11.3 Å². The Morgan fingerprint density at radius 1 is 1.42 bits per heavy atom. The highest BCUT2D eigenvalue weighted by Gasteiger charge is 2.04. The molecular weight excluding hydrogens is 264 g/mol. The van der Waals surface area contributed by atoms with Crippen LogP contribution in [0.15, 0.2) is 6.07 Å². The van der Waals surface area contributed by atoms with E-state index in [0.717, 1.165) is 25.3 Å². The minimum atomic E-state index is 0.366. The van der Waals surface area contributed by atoms with Crippen molar-refractivity contribution in [1.29, 1.82) is 0 Å². The van der Waals surface area contributed by atoms with Crippen LogP contribution in [0.4, 0.5) is 5.82 Å². The fraction of sp³-hybridized carbons (Fsp3) is 0.692. The van der Waals surface area contributed by atoms with Crippen molar-refractivity contribution >= 4 is 17.4 Å². The SMILES string of the molecule is COCc1nc(Cl)cc(NCCCN(C)C(C)C)n1. The average Bonchev–Trinajstić information content (AvgIpc) is 2.34. The molecule has 19 heavy (non-hydrogen) atoms. The van der Waals surface area contributed by atoms with Crippen LogP contribution in [0.5, 0.6) is 0 Å². The first-order chi connectivity index (χ1) is 9.02. The summed E-state index contributed by atoms with van der Waals surface area (Å²) in [5, 5.41) is 3.69. The summed E-state index contributed by atoms with van der Waals surface area (Å²) in [5.41, 5.74) is 0. The number of aromatic nitrogens is 2. The lowest BCUT2D eigenvalue weighted by Crippen LogP contribution is -2.28. The maximum Gasteiger partial charge on any atom is 0.158 e. The van der Waals surface area contributed by atoms with Gasteiger partial charge in [0.1, 0.15) is 17.6 Å². The second-order valence-electron chi connectivity index (χ2n) is 4.78. The number of nitrogens with zero attached hydrogens (tertiary/aromatic N) is 3. The van der Waals surface area contributed by atoms with Crippen LogP contribution in [0.25, 0.3) is 0 Å². The molecule has 0 aliphatic heterocycles. The van der Waals surface area contributed by atoms with Gasteiger partial charge < -0.3 is 15.0 Å². The number of rotatable bonds is 8. The van der Waals surface area contributed by atoms with Crippen LogP contribution in [-0.4, -0.2) is 48.2 Å². The van der Waals surface area contributed by atoms with Crippen LogP contribution in [0.1, 0.15) is 26.1 Å². The lowest BCUT2D eigenvalue weighted by atomic mass is 10.3. The highest BCUT2D eigenvalue weighted by Crippen LogP contribution is 2.12. The van der Waals surface area contributed by atoms with Crippen molar-refractivity contribution in [2.24, 2.45) is 0 Å². The van der Waals surface area contributed by atoms with E-state index in [1.54, 1.807) is 13.2 Å². The molecule has 1 aromatic heterocycles. The molecule has 1 heterocycles. The van der Waals surface area contributed by atoms with Crippen molar-refractivity contribution in [3.63, 3.8) is 0 Å². The molecule has 1 rings (SSSR count). The zero-order chi connectivity index (χ0) is 14.3. The minimum Gasteiger partial charge on any atom is -0.377 e. The molecule has 0 aliphatic carbocycles. The predicted octanol–water partition coefficient (Wildman–Crippen LogP) is 2.42. The molecule has 0 atom stereocenters. The van der Waals surface area contributed by atoms with Crippen LogP contribution in [0.3, 0.4) is 0 Å². The van der Waals surface area contributed by atoms with Crippen molar-refractivity contribution < 1.29 is 4.74 Å². The molecular formula is C13H23ClN4O. The Balaban J connectivity index is 2.40. The van der Waals surface area contributed by atoms with Crippen molar-refractivity contribution in [1.82, 2.24) is 14.9 Å². The van der Waals surface area contributed by atoms with Gasteiger partial charge in [-0.15, -0.1) is 0 Å². The quantitative estimate of drug-likeness (QED) is 0.587. The maximum atomic E-state index is 5.94. The zero-order valence-corrected chi connectivity index (χ0v) is 12.9. The Bertz CT molecular complexity index is 387. The van der Waals surface area contributed by atoms with Crippen LogP contribution >= 0.6 is 11.6 Å². The van der Waals surface area contributed by atoms with Gasteiger partial charge in [-0.3, -0.25) is 0 Å².